The molecule has 0 fully saturated rings. The molecule has 10 aromatic carbocycles. The topological polar surface area (TPSA) is 53.5 Å². The fourth-order valence-electron chi connectivity index (χ4n) is 10.6. The van der Waals surface area contributed by atoms with Crippen molar-refractivity contribution in [2.75, 3.05) is 0 Å². The van der Waals surface area contributed by atoms with Crippen LogP contribution in [0.3, 0.4) is 0 Å². The Morgan fingerprint density at radius 1 is 0.261 bits per heavy atom. The quantitative estimate of drug-likeness (QED) is 0.160. The molecule has 14 rings (SSSR count). The Bertz CT molecular complexity index is 4240. The lowest BCUT2D eigenvalue weighted by Crippen LogP contribution is -2.07. The summed E-state index contributed by atoms with van der Waals surface area (Å²) in [7, 11) is 0. The number of hydrogen-bond donors (Lipinski definition) is 0. The van der Waals surface area contributed by atoms with Crippen molar-refractivity contribution in [2.45, 2.75) is 0 Å². The normalized spacial score (nSPS) is 11.8. The molecule has 0 amide bonds. The first-order chi connectivity index (χ1) is 34.2. The second-order valence-electron chi connectivity index (χ2n) is 17.6. The Hall–Kier alpha value is -9.39. The fourth-order valence-corrected chi connectivity index (χ4v) is 10.6. The molecule has 4 heterocycles. The molecule has 0 saturated carbocycles. The Morgan fingerprint density at radius 3 is 1.30 bits per heavy atom. The highest BCUT2D eigenvalue weighted by Crippen LogP contribution is 2.46. The van der Waals surface area contributed by atoms with Gasteiger partial charge in [0.2, 0.25) is 5.95 Å². The molecule has 6 nitrogen and oxygen atoms in total. The minimum Gasteiger partial charge on any atom is -0.309 e. The molecule has 0 aliphatic carbocycles. The first-order valence-electron chi connectivity index (χ1n) is 23.4. The van der Waals surface area contributed by atoms with Crippen LogP contribution >= 0.6 is 0 Å². The van der Waals surface area contributed by atoms with Crippen molar-refractivity contribution in [3.63, 3.8) is 0 Å². The molecule has 0 unspecified atom stereocenters. The van der Waals surface area contributed by atoms with Gasteiger partial charge in [0.25, 0.3) is 0 Å². The highest BCUT2D eigenvalue weighted by molar-refractivity contribution is 6.27. The van der Waals surface area contributed by atoms with Crippen molar-refractivity contribution < 1.29 is 0 Å². The molecular formula is C63H40N6. The van der Waals surface area contributed by atoms with Crippen LogP contribution in [-0.4, -0.2) is 28.7 Å². The van der Waals surface area contributed by atoms with Gasteiger partial charge in [0.05, 0.1) is 38.8 Å². The Kier molecular flexibility index (Phi) is 8.79. The highest BCUT2D eigenvalue weighted by atomic mass is 15.2. The van der Waals surface area contributed by atoms with E-state index in [2.05, 4.69) is 232 Å². The van der Waals surface area contributed by atoms with Crippen molar-refractivity contribution in [3.05, 3.63) is 243 Å². The van der Waals surface area contributed by atoms with Crippen LogP contribution in [0.4, 0.5) is 0 Å². The van der Waals surface area contributed by atoms with Crippen molar-refractivity contribution in [3.8, 4) is 62.4 Å². The summed E-state index contributed by atoms with van der Waals surface area (Å²) in [4.78, 5) is 16.2. The molecule has 0 bridgehead atoms. The lowest BCUT2D eigenvalue weighted by Gasteiger charge is -2.16. The second-order valence-corrected chi connectivity index (χ2v) is 17.6. The smallest absolute Gasteiger partial charge is 0.238 e. The third kappa shape index (κ3) is 6.16. The number of fused-ring (bicyclic) bond motifs is 10. The fraction of sp³-hybridized carbons (Fsp3) is 0. The Morgan fingerprint density at radius 2 is 0.696 bits per heavy atom. The molecular weight excluding hydrogens is 841 g/mol. The van der Waals surface area contributed by atoms with Crippen molar-refractivity contribution in [1.82, 2.24) is 28.7 Å². The van der Waals surface area contributed by atoms with Gasteiger partial charge in [-0.15, -0.1) is 0 Å². The molecule has 0 saturated heterocycles. The van der Waals surface area contributed by atoms with Crippen molar-refractivity contribution >= 4 is 65.4 Å². The maximum atomic E-state index is 5.50. The summed E-state index contributed by atoms with van der Waals surface area (Å²) < 4.78 is 7.23. The highest BCUT2D eigenvalue weighted by Gasteiger charge is 2.27. The van der Waals surface area contributed by atoms with E-state index in [0.29, 0.717) is 17.6 Å². The molecule has 69 heavy (non-hydrogen) atoms. The summed E-state index contributed by atoms with van der Waals surface area (Å²) in [5, 5.41) is 6.89. The lowest BCUT2D eigenvalue weighted by atomic mass is 10.0. The zero-order valence-corrected chi connectivity index (χ0v) is 37.3. The number of para-hydroxylation sites is 4. The van der Waals surface area contributed by atoms with Crippen LogP contribution in [0.2, 0.25) is 0 Å². The first-order valence-corrected chi connectivity index (χ1v) is 23.4. The van der Waals surface area contributed by atoms with Crippen LogP contribution in [0.5, 0.6) is 0 Å². The molecule has 6 heteroatoms. The molecule has 0 N–H and O–H groups in total. The van der Waals surface area contributed by atoms with Crippen LogP contribution in [0.25, 0.3) is 128 Å². The predicted octanol–water partition coefficient (Wildman–Crippen LogP) is 15.8. The summed E-state index contributed by atoms with van der Waals surface area (Å²) in [6.07, 6.45) is 0. The molecule has 14 aromatic rings. The van der Waals surface area contributed by atoms with Gasteiger partial charge in [-0.3, -0.25) is 4.57 Å². The molecule has 0 spiro atoms. The minimum absolute atomic E-state index is 0.538. The largest absolute Gasteiger partial charge is 0.309 e. The van der Waals surface area contributed by atoms with Crippen LogP contribution in [0, 0.1) is 0 Å². The zero-order valence-electron chi connectivity index (χ0n) is 37.3. The maximum Gasteiger partial charge on any atom is 0.238 e. The standard InChI is InChI=1S/C63H40N6/c1-4-20-41(21-5-1)44-26-18-28-46(38-44)62-64-61(43-24-8-3-9-25-43)65-63(66-62)69-55-36-16-12-32-50(55)52-40-57(68-53-34-14-10-30-48(53)49-31-11-15-35-54(49)68)58-51-33-13-17-37-56(51)67(60(58)59(52)69)47-29-19-27-45(39-47)42-22-6-2-7-23-42/h1-40H. The number of rotatable bonds is 7. The van der Waals surface area contributed by atoms with E-state index in [0.717, 1.165) is 99.4 Å². The van der Waals surface area contributed by atoms with Crippen LogP contribution in [0.15, 0.2) is 243 Å². The third-order valence-corrected chi connectivity index (χ3v) is 13.7. The monoisotopic (exact) mass is 880 g/mol. The van der Waals surface area contributed by atoms with E-state index >= 15 is 0 Å². The van der Waals surface area contributed by atoms with Gasteiger partial charge < -0.3 is 9.13 Å². The van der Waals surface area contributed by atoms with E-state index in [1.54, 1.807) is 0 Å². The van der Waals surface area contributed by atoms with Gasteiger partial charge in [0.1, 0.15) is 0 Å². The first kappa shape index (κ1) is 38.8. The molecule has 0 radical (unpaired) electrons. The Balaban J connectivity index is 1.16. The summed E-state index contributed by atoms with van der Waals surface area (Å²) in [6, 6.07) is 86.3. The van der Waals surface area contributed by atoms with Gasteiger partial charge in [0.15, 0.2) is 11.6 Å². The summed E-state index contributed by atoms with van der Waals surface area (Å²) in [6.45, 7) is 0. The molecule has 4 aromatic heterocycles. The molecule has 0 atom stereocenters. The van der Waals surface area contributed by atoms with Gasteiger partial charge >= 0.3 is 0 Å². The maximum absolute atomic E-state index is 5.50. The van der Waals surface area contributed by atoms with E-state index in [4.69, 9.17) is 15.0 Å². The van der Waals surface area contributed by atoms with Crippen molar-refractivity contribution in [1.29, 1.82) is 0 Å². The summed E-state index contributed by atoms with van der Waals surface area (Å²) in [5.41, 5.74) is 15.0. The van der Waals surface area contributed by atoms with Gasteiger partial charge in [-0.1, -0.05) is 194 Å². The van der Waals surface area contributed by atoms with Gasteiger partial charge in [0, 0.05) is 49.1 Å². The third-order valence-electron chi connectivity index (χ3n) is 13.7. The average molecular weight is 881 g/mol. The number of aromatic nitrogens is 6. The molecule has 0 aliphatic heterocycles. The van der Waals surface area contributed by atoms with Gasteiger partial charge in [-0.05, 0) is 70.8 Å². The number of benzene rings is 10. The average Bonchev–Trinajstić information content (AvgIpc) is 4.08. The Labute approximate surface area is 397 Å². The second kappa shape index (κ2) is 15.6. The summed E-state index contributed by atoms with van der Waals surface area (Å²) in [5.74, 6) is 1.73. The van der Waals surface area contributed by atoms with Gasteiger partial charge in [-0.25, -0.2) is 4.98 Å². The van der Waals surface area contributed by atoms with Gasteiger partial charge in [-0.2, -0.15) is 9.97 Å². The molecule has 322 valence electrons. The number of hydrogen-bond acceptors (Lipinski definition) is 3. The minimum atomic E-state index is 0.538. The predicted molar refractivity (Wildman–Crippen MR) is 285 cm³/mol. The number of nitrogens with zero attached hydrogens (tertiary/aromatic N) is 6. The van der Waals surface area contributed by atoms with E-state index < -0.39 is 0 Å². The SMILES string of the molecule is c1ccc(-c2cccc(-c3nc(-c4ccccc4)nc(-n4c5ccccc5c5cc(-n6c7ccccc7c7ccccc76)c6c7ccccc7n(-c7cccc(-c8ccccc8)c7)c6c54)n3)c2)cc1. The lowest BCUT2D eigenvalue weighted by molar-refractivity contribution is 0.953. The van der Waals surface area contributed by atoms with Crippen LogP contribution < -0.4 is 0 Å². The van der Waals surface area contributed by atoms with E-state index in [9.17, 15) is 0 Å². The van der Waals surface area contributed by atoms with Crippen molar-refractivity contribution in [2.24, 2.45) is 0 Å². The van der Waals surface area contributed by atoms with E-state index in [-0.39, 0.29) is 0 Å². The van der Waals surface area contributed by atoms with Crippen LogP contribution in [0.1, 0.15) is 0 Å². The molecule has 0 aliphatic rings. The van der Waals surface area contributed by atoms with Crippen LogP contribution in [-0.2, 0) is 0 Å². The van der Waals surface area contributed by atoms with E-state index in [1.165, 1.54) is 10.8 Å². The summed E-state index contributed by atoms with van der Waals surface area (Å²) >= 11 is 0. The zero-order chi connectivity index (χ0) is 45.4. The van der Waals surface area contributed by atoms with E-state index in [1.807, 2.05) is 24.3 Å².